The van der Waals surface area contributed by atoms with Gasteiger partial charge in [0.1, 0.15) is 11.8 Å². The number of ether oxygens (including phenoxy) is 1. The lowest BCUT2D eigenvalue weighted by Gasteiger charge is -2.25. The summed E-state index contributed by atoms with van der Waals surface area (Å²) < 4.78 is 9.77. The van der Waals surface area contributed by atoms with Crippen molar-refractivity contribution in [2.45, 2.75) is 25.6 Å². The van der Waals surface area contributed by atoms with Gasteiger partial charge in [0.05, 0.1) is 30.8 Å². The minimum Gasteiger partial charge on any atom is -0.375 e. The van der Waals surface area contributed by atoms with E-state index in [2.05, 4.69) is 92.7 Å². The fourth-order valence-electron chi connectivity index (χ4n) is 4.84. The lowest BCUT2D eigenvalue weighted by atomic mass is 9.97. The molecule has 0 aliphatic heterocycles. The molecule has 2 atom stereocenters. The number of rotatable bonds is 5. The highest BCUT2D eigenvalue weighted by Gasteiger charge is 2.23. The largest absolute Gasteiger partial charge is 0.375 e. The molecule has 0 saturated carbocycles. The number of methoxy groups -OCH3 is 1. The third-order valence-electron chi connectivity index (χ3n) is 6.52. The van der Waals surface area contributed by atoms with Crippen LogP contribution in [0.15, 0.2) is 91.5 Å². The Labute approximate surface area is 197 Å². The maximum absolute atomic E-state index is 5.78. The van der Waals surface area contributed by atoms with Gasteiger partial charge in [0.15, 0.2) is 0 Å². The summed E-state index contributed by atoms with van der Waals surface area (Å²) >= 11 is 0. The van der Waals surface area contributed by atoms with Crippen molar-refractivity contribution in [2.75, 3.05) is 7.11 Å². The van der Waals surface area contributed by atoms with E-state index in [-0.39, 0.29) is 12.1 Å². The average Bonchev–Trinajstić information content (AvgIpc) is 3.53. The molecule has 2 aromatic heterocycles. The summed E-state index contributed by atoms with van der Waals surface area (Å²) in [4.78, 5) is 4.35. The molecule has 6 heteroatoms. The molecule has 0 saturated heterocycles. The van der Waals surface area contributed by atoms with E-state index in [0.717, 1.165) is 17.0 Å². The second kappa shape index (κ2) is 8.39. The lowest BCUT2D eigenvalue weighted by Crippen LogP contribution is -2.24. The van der Waals surface area contributed by atoms with Crippen LogP contribution in [0.2, 0.25) is 0 Å². The van der Waals surface area contributed by atoms with Crippen LogP contribution in [0.3, 0.4) is 0 Å². The quantitative estimate of drug-likeness (QED) is 0.341. The van der Waals surface area contributed by atoms with E-state index in [1.54, 1.807) is 7.11 Å². The number of nitrogens with zero attached hydrogens (tertiary/aromatic N) is 5. The number of hydrogen-bond acceptors (Lipinski definition) is 4. The van der Waals surface area contributed by atoms with Crippen LogP contribution >= 0.6 is 0 Å². The number of benzene rings is 3. The first kappa shape index (κ1) is 20.6. The lowest BCUT2D eigenvalue weighted by molar-refractivity contribution is 0.109. The predicted octanol–water partition coefficient (Wildman–Crippen LogP) is 5.35. The Balaban J connectivity index is 1.30. The summed E-state index contributed by atoms with van der Waals surface area (Å²) in [7, 11) is 1.73. The van der Waals surface area contributed by atoms with Crippen LogP contribution in [0, 0.1) is 6.92 Å². The molecule has 1 aliphatic carbocycles. The first-order chi connectivity index (χ1) is 16.7. The van der Waals surface area contributed by atoms with Crippen LogP contribution in [0.4, 0.5) is 0 Å². The van der Waals surface area contributed by atoms with Gasteiger partial charge in [-0.2, -0.15) is 0 Å². The van der Waals surface area contributed by atoms with Gasteiger partial charge in [-0.1, -0.05) is 65.9 Å². The number of fused-ring (bicyclic) bond motifs is 3. The van der Waals surface area contributed by atoms with E-state index < -0.39 is 0 Å². The molecule has 0 amide bonds. The highest BCUT2D eigenvalue weighted by molar-refractivity contribution is 6.08. The molecule has 168 valence electrons. The van der Waals surface area contributed by atoms with Crippen molar-refractivity contribution in [3.8, 4) is 0 Å². The molecule has 2 unspecified atom stereocenters. The smallest absolute Gasteiger partial charge is 0.112 e. The first-order valence-corrected chi connectivity index (χ1v) is 11.4. The maximum Gasteiger partial charge on any atom is 0.112 e. The fourth-order valence-corrected chi connectivity index (χ4v) is 4.84. The molecule has 0 radical (unpaired) electrons. The van der Waals surface area contributed by atoms with Crippen LogP contribution in [0.1, 0.15) is 23.0 Å². The number of allylic oxidation sites excluding steroid dienone is 2. The molecular formula is C28H25N5O. The highest BCUT2D eigenvalue weighted by Crippen LogP contribution is 2.30. The Kier molecular flexibility index (Phi) is 5.08. The molecule has 34 heavy (non-hydrogen) atoms. The molecular weight excluding hydrogens is 422 g/mol. The molecule has 1 aliphatic rings. The topological polar surface area (TPSA) is 57.8 Å². The number of aromatic nitrogens is 5. The summed E-state index contributed by atoms with van der Waals surface area (Å²) in [5.74, 6) is 0. The second-order valence-corrected chi connectivity index (χ2v) is 8.74. The summed E-state index contributed by atoms with van der Waals surface area (Å²) in [6.07, 6.45) is 12.1. The van der Waals surface area contributed by atoms with E-state index in [9.17, 15) is 0 Å². The number of aryl methyl sites for hydroxylation is 1. The van der Waals surface area contributed by atoms with Crippen LogP contribution in [0.5, 0.6) is 0 Å². The molecule has 6 nitrogen and oxygen atoms in total. The Hall–Kier alpha value is -4.03. The van der Waals surface area contributed by atoms with Gasteiger partial charge < -0.3 is 9.30 Å². The van der Waals surface area contributed by atoms with Crippen LogP contribution < -0.4 is 0 Å². The van der Waals surface area contributed by atoms with E-state index >= 15 is 0 Å². The molecule has 5 aromatic rings. The van der Waals surface area contributed by atoms with Crippen molar-refractivity contribution in [1.82, 2.24) is 24.5 Å². The summed E-state index contributed by atoms with van der Waals surface area (Å²) in [6.45, 7) is 2.64. The molecule has 0 N–H and O–H groups in total. The van der Waals surface area contributed by atoms with E-state index in [1.165, 1.54) is 27.1 Å². The Morgan fingerprint density at radius 1 is 0.971 bits per heavy atom. The SMILES string of the molecule is COC1C=C(c2cn(Cc3cc4ccccc4c4ccccc34)nn2)C=CC1n1cnc(C)c1. The van der Waals surface area contributed by atoms with Crippen LogP contribution in [-0.2, 0) is 11.3 Å². The van der Waals surface area contributed by atoms with Gasteiger partial charge in [-0.3, -0.25) is 0 Å². The molecule has 0 bridgehead atoms. The van der Waals surface area contributed by atoms with Crippen molar-refractivity contribution < 1.29 is 4.74 Å². The standard InChI is InChI=1S/C28H25N5O/c1-19-15-32(18-29-19)27-12-11-21(14-28(27)34-2)26-17-33(31-30-26)16-22-13-20-7-3-4-8-23(20)25-10-6-5-9-24(22)25/h3-15,17-18,27-28H,16H2,1-2H3. The zero-order valence-corrected chi connectivity index (χ0v) is 19.2. The zero-order chi connectivity index (χ0) is 23.1. The van der Waals surface area contributed by atoms with Crippen molar-refractivity contribution in [2.24, 2.45) is 0 Å². The Morgan fingerprint density at radius 3 is 2.56 bits per heavy atom. The monoisotopic (exact) mass is 447 g/mol. The van der Waals surface area contributed by atoms with E-state index in [0.29, 0.717) is 6.54 Å². The van der Waals surface area contributed by atoms with Crippen molar-refractivity contribution in [3.05, 3.63) is 108 Å². The van der Waals surface area contributed by atoms with Crippen molar-refractivity contribution in [1.29, 1.82) is 0 Å². The normalized spacial score (nSPS) is 18.0. The summed E-state index contributed by atoms with van der Waals surface area (Å²) in [6, 6.07) is 19.4. The average molecular weight is 448 g/mol. The summed E-state index contributed by atoms with van der Waals surface area (Å²) in [5.41, 5.74) is 4.06. The number of hydrogen-bond donors (Lipinski definition) is 0. The first-order valence-electron chi connectivity index (χ1n) is 11.4. The van der Waals surface area contributed by atoms with Crippen molar-refractivity contribution in [3.63, 3.8) is 0 Å². The van der Waals surface area contributed by atoms with Crippen LogP contribution in [0.25, 0.3) is 27.1 Å². The minimum atomic E-state index is -0.108. The zero-order valence-electron chi connectivity index (χ0n) is 19.2. The van der Waals surface area contributed by atoms with Gasteiger partial charge in [-0.15, -0.1) is 5.10 Å². The third kappa shape index (κ3) is 3.62. The van der Waals surface area contributed by atoms with Crippen LogP contribution in [-0.4, -0.2) is 37.8 Å². The molecule has 0 spiro atoms. The highest BCUT2D eigenvalue weighted by atomic mass is 16.5. The number of imidazole rings is 1. The van der Waals surface area contributed by atoms with E-state index in [1.807, 2.05) is 30.3 Å². The second-order valence-electron chi connectivity index (χ2n) is 8.74. The molecule has 3 aromatic carbocycles. The van der Waals surface area contributed by atoms with Gasteiger partial charge in [0.25, 0.3) is 0 Å². The van der Waals surface area contributed by atoms with Gasteiger partial charge in [-0.25, -0.2) is 9.67 Å². The van der Waals surface area contributed by atoms with Gasteiger partial charge >= 0.3 is 0 Å². The molecule has 6 rings (SSSR count). The maximum atomic E-state index is 5.78. The predicted molar refractivity (Wildman–Crippen MR) is 134 cm³/mol. The van der Waals surface area contributed by atoms with Gasteiger partial charge in [0.2, 0.25) is 0 Å². The molecule has 2 heterocycles. The Morgan fingerprint density at radius 2 is 1.76 bits per heavy atom. The Bertz CT molecular complexity index is 1560. The fraction of sp³-hybridized carbons (Fsp3) is 0.179. The van der Waals surface area contributed by atoms with Gasteiger partial charge in [-0.05, 0) is 46.2 Å². The van der Waals surface area contributed by atoms with E-state index in [4.69, 9.17) is 4.74 Å². The minimum absolute atomic E-state index is 0.0639. The van der Waals surface area contributed by atoms with Crippen molar-refractivity contribution >= 4 is 27.1 Å². The third-order valence-corrected chi connectivity index (χ3v) is 6.52. The molecule has 0 fully saturated rings. The summed E-state index contributed by atoms with van der Waals surface area (Å²) in [5, 5.41) is 13.9. The van der Waals surface area contributed by atoms with Gasteiger partial charge in [0, 0.05) is 18.9 Å².